The Kier molecular flexibility index (Phi) is 3.80. The van der Waals surface area contributed by atoms with Gasteiger partial charge in [0.2, 0.25) is 4.69 Å². The van der Waals surface area contributed by atoms with Crippen LogP contribution < -0.4 is 4.57 Å². The fraction of sp³-hybridized carbons (Fsp3) is 0.200. The summed E-state index contributed by atoms with van der Waals surface area (Å²) in [5.74, 6) is 0. The number of carbonyl (C=O) groups excluding carboxylic acids is 1. The molecule has 7 heteroatoms. The fourth-order valence-electron chi connectivity index (χ4n) is 1.30. The molecule has 0 amide bonds. The normalized spacial score (nSPS) is 10.4. The van der Waals surface area contributed by atoms with Crippen LogP contribution in [0.3, 0.4) is 0 Å². The molecule has 2 heterocycles. The molecule has 0 aliphatic rings. The van der Waals surface area contributed by atoms with E-state index in [1.165, 1.54) is 0 Å². The average Bonchev–Trinajstić information content (AvgIpc) is 2.74. The van der Waals surface area contributed by atoms with Gasteiger partial charge in [-0.15, -0.1) is 4.37 Å². The summed E-state index contributed by atoms with van der Waals surface area (Å²) in [7, 11) is 0. The molecule has 0 aromatic carbocycles. The van der Waals surface area contributed by atoms with E-state index in [1.54, 1.807) is 0 Å². The van der Waals surface area contributed by atoms with Gasteiger partial charge in [0.15, 0.2) is 18.9 Å². The lowest BCUT2D eigenvalue weighted by molar-refractivity contribution is -0.695. The van der Waals surface area contributed by atoms with E-state index >= 15 is 0 Å². The van der Waals surface area contributed by atoms with Gasteiger partial charge in [0.1, 0.15) is 5.01 Å². The van der Waals surface area contributed by atoms with Crippen molar-refractivity contribution in [1.82, 2.24) is 9.36 Å². The van der Waals surface area contributed by atoms with Crippen molar-refractivity contribution in [3.05, 3.63) is 24.5 Å². The van der Waals surface area contributed by atoms with Crippen LogP contribution in [0, 0.1) is 0 Å². The van der Waals surface area contributed by atoms with E-state index in [4.69, 9.17) is 5.11 Å². The zero-order valence-corrected chi connectivity index (χ0v) is 11.1. The van der Waals surface area contributed by atoms with Crippen LogP contribution in [-0.4, -0.2) is 19.2 Å². The van der Waals surface area contributed by atoms with Crippen molar-refractivity contribution in [2.24, 2.45) is 0 Å². The van der Waals surface area contributed by atoms with E-state index in [1.807, 2.05) is 29.1 Å². The van der Waals surface area contributed by atoms with Gasteiger partial charge in [-0.1, -0.05) is 0 Å². The zero-order valence-electron chi connectivity index (χ0n) is 8.71. The SMILES string of the molecule is O=C(Br)CC[n+]1ccc(-c2nc(O)ns2)cc1. The Bertz CT molecular complexity index is 527. The highest BCUT2D eigenvalue weighted by Gasteiger charge is 2.08. The number of rotatable bonds is 4. The highest BCUT2D eigenvalue weighted by molar-refractivity contribution is 9.18. The van der Waals surface area contributed by atoms with Gasteiger partial charge in [0.05, 0.1) is 6.42 Å². The summed E-state index contributed by atoms with van der Waals surface area (Å²) in [5.41, 5.74) is 0.893. The Morgan fingerprint density at radius 2 is 2.18 bits per heavy atom. The molecule has 88 valence electrons. The van der Waals surface area contributed by atoms with Gasteiger partial charge < -0.3 is 5.11 Å². The highest BCUT2D eigenvalue weighted by Crippen LogP contribution is 2.21. The lowest BCUT2D eigenvalue weighted by Crippen LogP contribution is -2.33. The standard InChI is InChI=1S/C10H8BrN3O2S/c11-8(15)3-6-14-4-1-7(2-5-14)9-12-10(16)13-17-9/h1-2,4-5H,3,6H2/p+1. The second kappa shape index (κ2) is 5.33. The molecule has 0 fully saturated rings. The molecule has 1 N–H and O–H groups in total. The summed E-state index contributed by atoms with van der Waals surface area (Å²) in [6.45, 7) is 0.631. The van der Waals surface area contributed by atoms with Crippen LogP contribution in [0.5, 0.6) is 6.01 Å². The Hall–Kier alpha value is -1.34. The molecule has 2 aromatic rings. The van der Waals surface area contributed by atoms with Crippen LogP contribution in [0.4, 0.5) is 0 Å². The van der Waals surface area contributed by atoms with E-state index in [-0.39, 0.29) is 10.7 Å². The summed E-state index contributed by atoms with van der Waals surface area (Å²) in [6, 6.07) is 3.55. The molecule has 5 nitrogen and oxygen atoms in total. The van der Waals surface area contributed by atoms with Crippen molar-refractivity contribution >= 4 is 32.2 Å². The lowest BCUT2D eigenvalue weighted by atomic mass is 10.3. The third-order valence-corrected chi connectivity index (χ3v) is 3.27. The van der Waals surface area contributed by atoms with Crippen LogP contribution in [-0.2, 0) is 11.3 Å². The molecule has 17 heavy (non-hydrogen) atoms. The van der Waals surface area contributed by atoms with Crippen molar-refractivity contribution in [2.75, 3.05) is 0 Å². The van der Waals surface area contributed by atoms with Crippen molar-refractivity contribution in [3.63, 3.8) is 0 Å². The summed E-state index contributed by atoms with van der Waals surface area (Å²) in [5, 5.41) is 9.73. The molecule has 0 spiro atoms. The van der Waals surface area contributed by atoms with E-state index in [0.717, 1.165) is 17.1 Å². The fourth-order valence-corrected chi connectivity index (χ4v) is 2.05. The van der Waals surface area contributed by atoms with Gasteiger partial charge in [0.25, 0.3) is 0 Å². The number of pyridine rings is 1. The first-order valence-electron chi connectivity index (χ1n) is 4.85. The number of aromatic nitrogens is 3. The molecule has 0 bridgehead atoms. The molecular weight excluding hydrogens is 306 g/mol. The number of nitrogens with zero attached hydrogens (tertiary/aromatic N) is 3. The second-order valence-corrected chi connectivity index (χ2v) is 4.97. The Morgan fingerprint density at radius 1 is 1.47 bits per heavy atom. The van der Waals surface area contributed by atoms with Crippen LogP contribution >= 0.6 is 27.5 Å². The van der Waals surface area contributed by atoms with E-state index < -0.39 is 0 Å². The predicted molar refractivity (Wildman–Crippen MR) is 65.8 cm³/mol. The molecule has 0 saturated carbocycles. The van der Waals surface area contributed by atoms with Crippen molar-refractivity contribution < 1.29 is 14.5 Å². The van der Waals surface area contributed by atoms with E-state index in [2.05, 4.69) is 25.3 Å². The van der Waals surface area contributed by atoms with Gasteiger partial charge >= 0.3 is 6.01 Å². The molecule has 0 aliphatic heterocycles. The monoisotopic (exact) mass is 314 g/mol. The van der Waals surface area contributed by atoms with Crippen LogP contribution in [0.1, 0.15) is 6.42 Å². The topological polar surface area (TPSA) is 67.0 Å². The lowest BCUT2D eigenvalue weighted by Gasteiger charge is -1.95. The third-order valence-electron chi connectivity index (χ3n) is 2.12. The molecule has 2 rings (SSSR count). The molecule has 0 atom stereocenters. The molecule has 0 unspecified atom stereocenters. The number of hydrogen-bond donors (Lipinski definition) is 1. The smallest absolute Gasteiger partial charge is 0.326 e. The van der Waals surface area contributed by atoms with Crippen LogP contribution in [0.2, 0.25) is 0 Å². The first-order valence-corrected chi connectivity index (χ1v) is 6.42. The zero-order chi connectivity index (χ0) is 12.3. The number of aryl methyl sites for hydroxylation is 1. The summed E-state index contributed by atoms with van der Waals surface area (Å²) < 4.78 is 5.60. The van der Waals surface area contributed by atoms with Crippen molar-refractivity contribution in [1.29, 1.82) is 0 Å². The van der Waals surface area contributed by atoms with Gasteiger partial charge in [0, 0.05) is 17.7 Å². The van der Waals surface area contributed by atoms with Crippen molar-refractivity contribution in [3.8, 4) is 16.6 Å². The minimum absolute atomic E-state index is 0.0110. The minimum Gasteiger partial charge on any atom is -0.478 e. The summed E-state index contributed by atoms with van der Waals surface area (Å²) in [6.07, 6.45) is 4.18. The Labute approximate surface area is 110 Å². The quantitative estimate of drug-likeness (QED) is 0.686. The molecule has 0 saturated heterocycles. The highest BCUT2D eigenvalue weighted by atomic mass is 79.9. The number of aromatic hydroxyl groups is 1. The number of halogens is 1. The van der Waals surface area contributed by atoms with Crippen LogP contribution in [0.25, 0.3) is 10.6 Å². The second-order valence-electron chi connectivity index (χ2n) is 3.33. The third kappa shape index (κ3) is 3.31. The average molecular weight is 315 g/mol. The predicted octanol–water partition coefficient (Wildman–Crippen LogP) is 1.51. The minimum atomic E-state index is -0.202. The van der Waals surface area contributed by atoms with Gasteiger partial charge in [-0.05, 0) is 27.5 Å². The largest absolute Gasteiger partial charge is 0.478 e. The molecular formula is C10H9BrN3O2S+. The van der Waals surface area contributed by atoms with Gasteiger partial charge in [-0.3, -0.25) is 4.79 Å². The molecule has 2 aromatic heterocycles. The summed E-state index contributed by atoms with van der Waals surface area (Å²) in [4.78, 5) is 14.6. The molecule has 0 aliphatic carbocycles. The molecule has 0 radical (unpaired) electrons. The van der Waals surface area contributed by atoms with E-state index in [9.17, 15) is 4.79 Å². The van der Waals surface area contributed by atoms with E-state index in [0.29, 0.717) is 18.0 Å². The van der Waals surface area contributed by atoms with Crippen molar-refractivity contribution in [2.45, 2.75) is 13.0 Å². The maximum absolute atomic E-state index is 10.8. The Morgan fingerprint density at radius 3 is 2.71 bits per heavy atom. The van der Waals surface area contributed by atoms with Gasteiger partial charge in [-0.2, -0.15) is 4.98 Å². The maximum atomic E-state index is 10.8. The summed E-state index contributed by atoms with van der Waals surface area (Å²) >= 11 is 4.03. The Balaban J connectivity index is 2.10. The van der Waals surface area contributed by atoms with Crippen LogP contribution in [0.15, 0.2) is 24.5 Å². The number of carbonyl (C=O) groups is 1. The van der Waals surface area contributed by atoms with Gasteiger partial charge in [-0.25, -0.2) is 4.57 Å². The first-order chi connectivity index (χ1) is 8.15. The number of hydrogen-bond acceptors (Lipinski definition) is 5. The first kappa shape index (κ1) is 12.1. The maximum Gasteiger partial charge on any atom is 0.326 e.